The molecule has 2 aliphatic heterocycles. The van der Waals surface area contributed by atoms with Crippen LogP contribution >= 0.6 is 0 Å². The number of nitrogens with zero attached hydrogens (tertiary/aromatic N) is 4. The van der Waals surface area contributed by atoms with Crippen molar-refractivity contribution in [1.82, 2.24) is 19.8 Å². The second-order valence-electron chi connectivity index (χ2n) is 8.57. The van der Waals surface area contributed by atoms with Crippen LogP contribution in [0, 0.1) is 12.8 Å². The summed E-state index contributed by atoms with van der Waals surface area (Å²) >= 11 is 0. The number of carbonyl (C=O) groups is 1. The Bertz CT molecular complexity index is 664. The second-order valence-corrected chi connectivity index (χ2v) is 8.57. The maximum Gasteiger partial charge on any atom is 0.219 e. The summed E-state index contributed by atoms with van der Waals surface area (Å²) in [5.41, 5.74) is 2.26. The fraction of sp³-hybridized carbons (Fsp3) is 0.750. The van der Waals surface area contributed by atoms with Crippen LogP contribution in [0.3, 0.4) is 0 Å². The first kappa shape index (κ1) is 19.1. The van der Waals surface area contributed by atoms with Crippen molar-refractivity contribution in [3.63, 3.8) is 0 Å². The Labute approximate surface area is 157 Å². The molecular weight excluding hydrogens is 326 g/mol. The van der Waals surface area contributed by atoms with Crippen molar-refractivity contribution in [2.24, 2.45) is 5.92 Å². The Morgan fingerprint density at radius 2 is 1.92 bits per heavy atom. The van der Waals surface area contributed by atoms with Gasteiger partial charge in [0.1, 0.15) is 11.6 Å². The van der Waals surface area contributed by atoms with Gasteiger partial charge in [-0.15, -0.1) is 0 Å². The molecule has 0 atom stereocenters. The van der Waals surface area contributed by atoms with Gasteiger partial charge < -0.3 is 10.2 Å². The number of amides is 1. The SMILES string of the molecule is CC(=O)N1CCc2c(nc(C)nc2NCC(C)(C)N2CCC(C)CC2)C1. The average molecular weight is 360 g/mol. The topological polar surface area (TPSA) is 61.4 Å². The zero-order valence-electron chi connectivity index (χ0n) is 16.9. The van der Waals surface area contributed by atoms with E-state index in [4.69, 9.17) is 0 Å². The molecule has 0 aliphatic carbocycles. The molecule has 1 fully saturated rings. The molecule has 1 aromatic heterocycles. The van der Waals surface area contributed by atoms with Crippen molar-refractivity contribution in [2.45, 2.75) is 66.0 Å². The maximum atomic E-state index is 11.7. The number of fused-ring (bicyclic) bond motifs is 1. The molecule has 1 N–H and O–H groups in total. The lowest BCUT2D eigenvalue weighted by molar-refractivity contribution is -0.129. The van der Waals surface area contributed by atoms with Crippen molar-refractivity contribution in [3.8, 4) is 0 Å². The molecule has 26 heavy (non-hydrogen) atoms. The number of piperidine rings is 1. The van der Waals surface area contributed by atoms with Gasteiger partial charge in [-0.1, -0.05) is 6.92 Å². The van der Waals surface area contributed by atoms with Gasteiger partial charge in [-0.3, -0.25) is 9.69 Å². The molecule has 6 nitrogen and oxygen atoms in total. The van der Waals surface area contributed by atoms with Crippen LogP contribution in [0.25, 0.3) is 0 Å². The van der Waals surface area contributed by atoms with Gasteiger partial charge in [-0.25, -0.2) is 9.97 Å². The first-order valence-electron chi connectivity index (χ1n) is 9.87. The lowest BCUT2D eigenvalue weighted by Crippen LogP contribution is -2.52. The molecule has 1 saturated heterocycles. The van der Waals surface area contributed by atoms with Gasteiger partial charge in [0.15, 0.2) is 0 Å². The third-order valence-electron chi connectivity index (χ3n) is 5.95. The highest BCUT2D eigenvalue weighted by Crippen LogP contribution is 2.27. The number of anilines is 1. The van der Waals surface area contributed by atoms with Gasteiger partial charge in [-0.05, 0) is 59.0 Å². The standard InChI is InChI=1S/C20H33N5O/c1-14-6-10-25(11-7-14)20(4,5)13-21-19-17-8-9-24(16(3)26)12-18(17)22-15(2)23-19/h14H,6-13H2,1-5H3,(H,21,22,23). The minimum atomic E-state index is 0.0893. The van der Waals surface area contributed by atoms with E-state index in [2.05, 4.69) is 41.0 Å². The van der Waals surface area contributed by atoms with Gasteiger partial charge in [0.2, 0.25) is 5.91 Å². The van der Waals surface area contributed by atoms with Gasteiger partial charge >= 0.3 is 0 Å². The first-order chi connectivity index (χ1) is 12.3. The number of nitrogens with one attached hydrogen (secondary N) is 1. The number of carbonyl (C=O) groups excluding carboxylic acids is 1. The zero-order valence-corrected chi connectivity index (χ0v) is 16.9. The minimum Gasteiger partial charge on any atom is -0.368 e. The minimum absolute atomic E-state index is 0.0893. The van der Waals surface area contributed by atoms with Crippen LogP contribution in [0.1, 0.15) is 57.6 Å². The summed E-state index contributed by atoms with van der Waals surface area (Å²) in [5, 5.41) is 3.61. The van der Waals surface area contributed by atoms with E-state index in [0.29, 0.717) is 6.54 Å². The highest BCUT2D eigenvalue weighted by Gasteiger charge is 2.30. The van der Waals surface area contributed by atoms with E-state index in [9.17, 15) is 4.79 Å². The number of hydrogen-bond donors (Lipinski definition) is 1. The molecule has 0 saturated carbocycles. The van der Waals surface area contributed by atoms with Crippen LogP contribution < -0.4 is 5.32 Å². The molecule has 0 unspecified atom stereocenters. The van der Waals surface area contributed by atoms with E-state index in [1.165, 1.54) is 31.5 Å². The highest BCUT2D eigenvalue weighted by molar-refractivity contribution is 5.73. The van der Waals surface area contributed by atoms with E-state index in [0.717, 1.165) is 42.8 Å². The second kappa shape index (κ2) is 7.51. The predicted octanol–water partition coefficient (Wildman–Crippen LogP) is 2.61. The fourth-order valence-corrected chi connectivity index (χ4v) is 3.99. The number of hydrogen-bond acceptors (Lipinski definition) is 5. The fourth-order valence-electron chi connectivity index (χ4n) is 3.99. The molecule has 0 radical (unpaired) electrons. The Kier molecular flexibility index (Phi) is 5.51. The number of aryl methyl sites for hydroxylation is 1. The molecule has 6 heteroatoms. The lowest BCUT2D eigenvalue weighted by Gasteiger charge is -2.42. The summed E-state index contributed by atoms with van der Waals surface area (Å²) in [6.45, 7) is 15.1. The third-order valence-corrected chi connectivity index (χ3v) is 5.95. The molecular formula is C20H33N5O. The van der Waals surface area contributed by atoms with Crippen molar-refractivity contribution < 1.29 is 4.79 Å². The van der Waals surface area contributed by atoms with E-state index >= 15 is 0 Å². The normalized spacial score (nSPS) is 19.3. The monoisotopic (exact) mass is 359 g/mol. The Hall–Kier alpha value is -1.69. The van der Waals surface area contributed by atoms with Crippen LogP contribution in [-0.4, -0.2) is 57.4 Å². The van der Waals surface area contributed by atoms with Gasteiger partial charge in [-0.2, -0.15) is 0 Å². The smallest absolute Gasteiger partial charge is 0.219 e. The van der Waals surface area contributed by atoms with Crippen LogP contribution in [0.15, 0.2) is 0 Å². The van der Waals surface area contributed by atoms with E-state index in [-0.39, 0.29) is 11.4 Å². The maximum absolute atomic E-state index is 11.7. The van der Waals surface area contributed by atoms with Crippen LogP contribution in [-0.2, 0) is 17.8 Å². The molecule has 0 bridgehead atoms. The zero-order chi connectivity index (χ0) is 18.9. The van der Waals surface area contributed by atoms with Gasteiger partial charge in [0, 0.05) is 31.1 Å². The summed E-state index contributed by atoms with van der Waals surface area (Å²) in [6.07, 6.45) is 3.39. The Morgan fingerprint density at radius 3 is 2.58 bits per heavy atom. The molecule has 1 amide bonds. The van der Waals surface area contributed by atoms with E-state index < -0.39 is 0 Å². The number of aromatic nitrogens is 2. The molecule has 3 rings (SSSR count). The summed E-state index contributed by atoms with van der Waals surface area (Å²) in [7, 11) is 0. The van der Waals surface area contributed by atoms with Gasteiger partial charge in [0.25, 0.3) is 0 Å². The number of rotatable bonds is 4. The quantitative estimate of drug-likeness (QED) is 0.895. The summed E-state index contributed by atoms with van der Waals surface area (Å²) < 4.78 is 0. The highest BCUT2D eigenvalue weighted by atomic mass is 16.2. The van der Waals surface area contributed by atoms with Crippen molar-refractivity contribution >= 4 is 11.7 Å². The van der Waals surface area contributed by atoms with E-state index in [1.54, 1.807) is 6.92 Å². The summed E-state index contributed by atoms with van der Waals surface area (Å²) in [4.78, 5) is 25.4. The van der Waals surface area contributed by atoms with Crippen LogP contribution in [0.4, 0.5) is 5.82 Å². The molecule has 0 spiro atoms. The molecule has 144 valence electrons. The molecule has 3 heterocycles. The number of likely N-dealkylation sites (tertiary alicyclic amines) is 1. The predicted molar refractivity (Wildman–Crippen MR) is 104 cm³/mol. The van der Waals surface area contributed by atoms with Crippen molar-refractivity contribution in [1.29, 1.82) is 0 Å². The lowest BCUT2D eigenvalue weighted by atomic mass is 9.93. The van der Waals surface area contributed by atoms with Crippen molar-refractivity contribution in [2.75, 3.05) is 31.5 Å². The van der Waals surface area contributed by atoms with Crippen LogP contribution in [0.2, 0.25) is 0 Å². The van der Waals surface area contributed by atoms with E-state index in [1.807, 2.05) is 11.8 Å². The van der Waals surface area contributed by atoms with Crippen molar-refractivity contribution in [3.05, 3.63) is 17.1 Å². The third kappa shape index (κ3) is 4.17. The Morgan fingerprint density at radius 1 is 1.23 bits per heavy atom. The summed E-state index contributed by atoms with van der Waals surface area (Å²) in [6, 6.07) is 0. The first-order valence-corrected chi connectivity index (χ1v) is 9.87. The molecule has 2 aliphatic rings. The molecule has 1 aromatic rings. The summed E-state index contributed by atoms with van der Waals surface area (Å²) in [5.74, 6) is 2.67. The average Bonchev–Trinajstić information content (AvgIpc) is 2.59. The van der Waals surface area contributed by atoms with Gasteiger partial charge in [0.05, 0.1) is 12.2 Å². The molecule has 0 aromatic carbocycles. The Balaban J connectivity index is 1.71. The van der Waals surface area contributed by atoms with Crippen LogP contribution in [0.5, 0.6) is 0 Å². The largest absolute Gasteiger partial charge is 0.368 e.